The number of halogens is 5. The van der Waals surface area contributed by atoms with Crippen molar-refractivity contribution in [2.45, 2.75) is 78.1 Å². The van der Waals surface area contributed by atoms with Crippen LogP contribution in [0.5, 0.6) is 0 Å². The quantitative estimate of drug-likeness (QED) is 0.0489. The van der Waals surface area contributed by atoms with E-state index in [0.29, 0.717) is 33.9 Å². The number of unbranched alkanes of at least 4 members (excludes halogenated alkanes) is 6. The SMILES string of the molecule is CCCCCCc1ccc(-c2ccc(/C=C/C3=[N+]4C(=C(c5ccc(F)cc5)c5cc(I)c(/C=C/c6ccc(-c7ccc(CCCCCC)s7)s6)n5[B-]4(F)F)C=C3I)s2)s1. The van der Waals surface area contributed by atoms with Crippen molar-refractivity contribution >= 4 is 127 Å². The van der Waals surface area contributed by atoms with Gasteiger partial charge >= 0.3 is 6.97 Å². The molecule has 8 rings (SSSR count). The number of aromatic nitrogens is 1. The van der Waals surface area contributed by atoms with Gasteiger partial charge in [0.15, 0.2) is 11.4 Å². The molecule has 304 valence electrons. The third-order valence-corrected chi connectivity index (χ3v) is 17.3. The average molecular weight is 1090 g/mol. The van der Waals surface area contributed by atoms with Crippen LogP contribution in [0.3, 0.4) is 0 Å². The molecule has 0 unspecified atom stereocenters. The molecule has 2 nitrogen and oxygen atoms in total. The lowest BCUT2D eigenvalue weighted by molar-refractivity contribution is -0.360. The Balaban J connectivity index is 1.11. The molecule has 0 atom stereocenters. The topological polar surface area (TPSA) is 7.94 Å². The summed E-state index contributed by atoms with van der Waals surface area (Å²) in [5.41, 5.74) is 3.06. The summed E-state index contributed by atoms with van der Waals surface area (Å²) < 4.78 is 53.1. The molecule has 0 bridgehead atoms. The van der Waals surface area contributed by atoms with Crippen molar-refractivity contribution in [1.82, 2.24) is 4.48 Å². The van der Waals surface area contributed by atoms with E-state index in [4.69, 9.17) is 0 Å². The molecule has 0 amide bonds. The summed E-state index contributed by atoms with van der Waals surface area (Å²) in [5.74, 6) is -0.371. The lowest BCUT2D eigenvalue weighted by atomic mass is 9.85. The van der Waals surface area contributed by atoms with E-state index in [-0.39, 0.29) is 5.82 Å². The van der Waals surface area contributed by atoms with Crippen LogP contribution in [-0.4, -0.2) is 21.6 Å². The van der Waals surface area contributed by atoms with Gasteiger partial charge in [-0.3, -0.25) is 0 Å². The number of hydrogen-bond acceptors (Lipinski definition) is 4. The number of rotatable bonds is 17. The fourth-order valence-corrected chi connectivity index (χ4v) is 13.3. The third kappa shape index (κ3) is 9.38. The average Bonchev–Trinajstić information content (AvgIpc) is 4.08. The molecule has 0 fully saturated rings. The van der Waals surface area contributed by atoms with E-state index in [2.05, 4.69) is 108 Å². The van der Waals surface area contributed by atoms with Crippen LogP contribution in [0.25, 0.3) is 43.3 Å². The molecular weight excluding hydrogens is 1040 g/mol. The Kier molecular flexibility index (Phi) is 13.9. The molecular formula is C47H44BF3I2N2S4. The highest BCUT2D eigenvalue weighted by atomic mass is 127. The Morgan fingerprint density at radius 1 is 0.644 bits per heavy atom. The minimum absolute atomic E-state index is 0.371. The van der Waals surface area contributed by atoms with Gasteiger partial charge in [-0.15, -0.1) is 45.3 Å². The van der Waals surface area contributed by atoms with Gasteiger partial charge in [0, 0.05) is 66.1 Å². The van der Waals surface area contributed by atoms with Crippen molar-refractivity contribution in [2.75, 3.05) is 0 Å². The van der Waals surface area contributed by atoms with Crippen molar-refractivity contribution in [2.24, 2.45) is 0 Å². The molecule has 2 aliphatic heterocycles. The van der Waals surface area contributed by atoms with Gasteiger partial charge in [0.2, 0.25) is 0 Å². The largest absolute Gasteiger partial charge is 0.737 e. The number of thiophene rings is 4. The maximum atomic E-state index is 17.5. The maximum absolute atomic E-state index is 17.5. The van der Waals surface area contributed by atoms with Crippen LogP contribution in [0.15, 0.2) is 100 Å². The van der Waals surface area contributed by atoms with Crippen LogP contribution in [-0.2, 0) is 12.8 Å². The molecule has 0 N–H and O–H groups in total. The zero-order valence-electron chi connectivity index (χ0n) is 33.0. The summed E-state index contributed by atoms with van der Waals surface area (Å²) in [7, 11) is 0. The van der Waals surface area contributed by atoms with Crippen LogP contribution in [0.4, 0.5) is 13.0 Å². The lowest BCUT2D eigenvalue weighted by Gasteiger charge is -2.33. The Bertz CT molecular complexity index is 2610. The van der Waals surface area contributed by atoms with Gasteiger partial charge in [0.05, 0.1) is 9.15 Å². The Labute approximate surface area is 389 Å². The summed E-state index contributed by atoms with van der Waals surface area (Å²) in [6, 6.07) is 25.3. The monoisotopic (exact) mass is 1090 g/mol. The second-order valence-electron chi connectivity index (χ2n) is 15.0. The van der Waals surface area contributed by atoms with Gasteiger partial charge in [-0.1, -0.05) is 64.5 Å². The van der Waals surface area contributed by atoms with Crippen molar-refractivity contribution in [1.29, 1.82) is 0 Å². The summed E-state index contributed by atoms with van der Waals surface area (Å²) >= 11 is 11.4. The highest BCUT2D eigenvalue weighted by Gasteiger charge is 2.55. The Morgan fingerprint density at radius 3 is 1.76 bits per heavy atom. The third-order valence-electron chi connectivity index (χ3n) is 10.7. The molecule has 0 spiro atoms. The number of fused-ring (bicyclic) bond motifs is 2. The van der Waals surface area contributed by atoms with Crippen LogP contribution in [0.1, 0.15) is 102 Å². The number of allylic oxidation sites excluding steroid dienone is 3. The molecule has 0 aliphatic carbocycles. The van der Waals surface area contributed by atoms with Crippen molar-refractivity contribution < 1.29 is 17.5 Å². The number of hydrogen-bond donors (Lipinski definition) is 0. The highest BCUT2D eigenvalue weighted by molar-refractivity contribution is 14.1. The summed E-state index contributed by atoms with van der Waals surface area (Å²) in [5, 5.41) is 0. The predicted molar refractivity (Wildman–Crippen MR) is 269 cm³/mol. The molecule has 0 radical (unpaired) electrons. The summed E-state index contributed by atoms with van der Waals surface area (Å²) in [6.07, 6.45) is 21.6. The zero-order valence-corrected chi connectivity index (χ0v) is 40.5. The Morgan fingerprint density at radius 2 is 1.19 bits per heavy atom. The van der Waals surface area contributed by atoms with Gasteiger partial charge in [-0.2, -0.15) is 0 Å². The summed E-state index contributed by atoms with van der Waals surface area (Å²) in [6.45, 7) is 0.132. The van der Waals surface area contributed by atoms with Crippen molar-refractivity contribution in [3.8, 4) is 19.5 Å². The van der Waals surface area contributed by atoms with Crippen molar-refractivity contribution in [3.63, 3.8) is 0 Å². The molecule has 0 saturated heterocycles. The molecule has 59 heavy (non-hydrogen) atoms. The molecule has 6 aromatic rings. The number of nitrogens with zero attached hydrogens (tertiary/aromatic N) is 2. The molecule has 1 aromatic carbocycles. The minimum Gasteiger partial charge on any atom is -0.389 e. The van der Waals surface area contributed by atoms with Gasteiger partial charge in [-0.05, 0) is 161 Å². The second kappa shape index (κ2) is 19.1. The minimum atomic E-state index is -4.34. The molecule has 0 saturated carbocycles. The molecule has 7 heterocycles. The predicted octanol–water partition coefficient (Wildman–Crippen LogP) is 16.7. The van der Waals surface area contributed by atoms with Gasteiger partial charge in [0.25, 0.3) is 0 Å². The normalized spacial score (nSPS) is 15.0. The van der Waals surface area contributed by atoms with E-state index in [1.165, 1.54) is 102 Å². The van der Waals surface area contributed by atoms with E-state index < -0.39 is 6.97 Å². The first kappa shape index (κ1) is 42.9. The number of benzene rings is 1. The molecule has 12 heteroatoms. The van der Waals surface area contributed by atoms with Crippen LogP contribution >= 0.6 is 90.5 Å². The van der Waals surface area contributed by atoms with E-state index in [0.717, 1.165) is 29.7 Å². The van der Waals surface area contributed by atoms with E-state index in [9.17, 15) is 4.39 Å². The van der Waals surface area contributed by atoms with Gasteiger partial charge < -0.3 is 17.6 Å². The standard InChI is InChI=1S/C47H44BF3I2N2S4/c1-3-5-7-9-11-33-19-25-43(56-33)45-27-21-35(58-45)17-23-39-37(52)29-41-47(31-13-15-32(49)16-14-31)42-30-38(53)40(55(42)48(50,51)54(39)41)24-18-36-22-28-46(59-36)44-26-20-34(57-44)12-10-8-6-4-2/h13-30H,3-12H2,1-2H3/b23-17+,24-18+. The van der Waals surface area contributed by atoms with E-state index in [1.54, 1.807) is 34.8 Å². The first-order chi connectivity index (χ1) is 28.6. The fourth-order valence-electron chi connectivity index (χ4n) is 7.76. The zero-order chi connectivity index (χ0) is 41.1. The van der Waals surface area contributed by atoms with E-state index in [1.807, 2.05) is 59.1 Å². The van der Waals surface area contributed by atoms with Crippen LogP contribution in [0, 0.1) is 9.39 Å². The van der Waals surface area contributed by atoms with Gasteiger partial charge in [-0.25, -0.2) is 4.39 Å². The molecule has 2 aliphatic rings. The van der Waals surface area contributed by atoms with E-state index >= 15 is 8.63 Å². The second-order valence-corrected chi connectivity index (χ2v) is 21.9. The smallest absolute Gasteiger partial charge is 0.389 e. The first-order valence-electron chi connectivity index (χ1n) is 20.4. The highest BCUT2D eigenvalue weighted by Crippen LogP contribution is 2.45. The maximum Gasteiger partial charge on any atom is 0.737 e. The van der Waals surface area contributed by atoms with Crippen molar-refractivity contribution in [3.05, 3.63) is 146 Å². The Hall–Kier alpha value is -2.76. The number of aryl methyl sites for hydroxylation is 2. The molecule has 5 aromatic heterocycles. The van der Waals surface area contributed by atoms with Gasteiger partial charge in [0.1, 0.15) is 5.82 Å². The fraction of sp³-hybridized carbons (Fsp3) is 0.255. The van der Waals surface area contributed by atoms with Crippen LogP contribution in [0.2, 0.25) is 0 Å². The van der Waals surface area contributed by atoms with Crippen LogP contribution < -0.4 is 0 Å². The lowest BCUT2D eigenvalue weighted by Crippen LogP contribution is -2.51. The summed E-state index contributed by atoms with van der Waals surface area (Å²) in [4.78, 5) is 9.66. The first-order valence-corrected chi connectivity index (χ1v) is 25.8.